The van der Waals surface area contributed by atoms with Gasteiger partial charge in [-0.25, -0.2) is 0 Å². The molecule has 0 spiro atoms. The van der Waals surface area contributed by atoms with Crippen molar-refractivity contribution in [2.24, 2.45) is 4.99 Å². The molecule has 2 aromatic heterocycles. The van der Waals surface area contributed by atoms with E-state index in [4.69, 9.17) is 5.73 Å². The fourth-order valence-corrected chi connectivity index (χ4v) is 3.16. The number of nitrogen functional groups attached to an aromatic ring is 1. The first-order valence-electron chi connectivity index (χ1n) is 6.64. The van der Waals surface area contributed by atoms with E-state index >= 15 is 0 Å². The van der Waals surface area contributed by atoms with Crippen molar-refractivity contribution >= 4 is 45.7 Å². The quantitative estimate of drug-likeness (QED) is 0.747. The minimum Gasteiger partial charge on any atom is -0.383 e. The average Bonchev–Trinajstić information content (AvgIpc) is 3.07. The van der Waals surface area contributed by atoms with Crippen LogP contribution >= 0.6 is 11.3 Å². The average molecular weight is 309 g/mol. The maximum absolute atomic E-state index is 12.2. The van der Waals surface area contributed by atoms with Crippen LogP contribution in [0.4, 0.5) is 11.5 Å². The summed E-state index contributed by atoms with van der Waals surface area (Å²) in [6.07, 6.45) is 3.45. The van der Waals surface area contributed by atoms with Gasteiger partial charge >= 0.3 is 0 Å². The number of rotatable bonds is 1. The van der Waals surface area contributed by atoms with Gasteiger partial charge in [0.2, 0.25) is 4.96 Å². The zero-order valence-electron chi connectivity index (χ0n) is 11.6. The molecule has 0 radical (unpaired) electrons. The molecule has 0 aliphatic carbocycles. The predicted octanol–water partition coefficient (Wildman–Crippen LogP) is 2.30. The first-order chi connectivity index (χ1) is 10.6. The van der Waals surface area contributed by atoms with Gasteiger partial charge in [0.05, 0.1) is 11.3 Å². The second kappa shape index (κ2) is 4.60. The molecule has 7 heteroatoms. The van der Waals surface area contributed by atoms with Crippen LogP contribution in [0.3, 0.4) is 0 Å². The number of fused-ring (bicyclic) bond motifs is 2. The Labute approximate surface area is 129 Å². The van der Waals surface area contributed by atoms with Crippen molar-refractivity contribution in [3.63, 3.8) is 0 Å². The van der Waals surface area contributed by atoms with Crippen LogP contribution in [0, 0.1) is 6.92 Å². The van der Waals surface area contributed by atoms with Crippen LogP contribution in [0.2, 0.25) is 0 Å². The molecule has 1 aromatic carbocycles. The van der Waals surface area contributed by atoms with Crippen molar-refractivity contribution in [2.45, 2.75) is 6.92 Å². The van der Waals surface area contributed by atoms with E-state index < -0.39 is 0 Å². The third-order valence-corrected chi connectivity index (χ3v) is 4.27. The first kappa shape index (κ1) is 12.9. The Kier molecular flexibility index (Phi) is 2.70. The second-order valence-electron chi connectivity index (χ2n) is 4.91. The monoisotopic (exact) mass is 309 g/mol. The van der Waals surface area contributed by atoms with E-state index in [0.717, 1.165) is 21.8 Å². The van der Waals surface area contributed by atoms with Crippen LogP contribution in [-0.2, 0) is 0 Å². The number of anilines is 1. The Hall–Kier alpha value is -2.80. The molecule has 1 aliphatic rings. The number of aromatic nitrogens is 3. The lowest BCUT2D eigenvalue weighted by molar-refractivity contribution is 0.920. The van der Waals surface area contributed by atoms with Gasteiger partial charge in [0.1, 0.15) is 10.8 Å². The Morgan fingerprint density at radius 1 is 1.32 bits per heavy atom. The summed E-state index contributed by atoms with van der Waals surface area (Å²) in [5.74, 6) is 0.296. The number of para-hydroxylation sites is 1. The van der Waals surface area contributed by atoms with E-state index in [1.807, 2.05) is 31.2 Å². The molecule has 0 unspecified atom stereocenters. The minimum atomic E-state index is -0.355. The molecular formula is C15H11N5OS. The lowest BCUT2D eigenvalue weighted by atomic mass is 10.1. The van der Waals surface area contributed by atoms with Crippen molar-refractivity contribution in [1.29, 1.82) is 0 Å². The Bertz CT molecular complexity index is 1030. The Balaban J connectivity index is 1.95. The molecule has 0 amide bonds. The number of nitrogens with zero attached hydrogens (tertiary/aromatic N) is 4. The van der Waals surface area contributed by atoms with Gasteiger partial charge < -0.3 is 5.73 Å². The third-order valence-electron chi connectivity index (χ3n) is 3.45. The summed E-state index contributed by atoms with van der Waals surface area (Å²) in [6, 6.07) is 7.74. The molecule has 22 heavy (non-hydrogen) atoms. The molecule has 0 bridgehead atoms. The largest absolute Gasteiger partial charge is 0.383 e. The number of allylic oxidation sites excluding steroid dienone is 1. The molecule has 0 atom stereocenters. The van der Waals surface area contributed by atoms with Crippen molar-refractivity contribution in [3.05, 3.63) is 50.8 Å². The molecule has 0 fully saturated rings. The highest BCUT2D eigenvalue weighted by Gasteiger charge is 2.16. The number of hydrogen-bond acceptors (Lipinski definition) is 6. The van der Waals surface area contributed by atoms with E-state index in [1.54, 1.807) is 12.3 Å². The Morgan fingerprint density at radius 2 is 2.14 bits per heavy atom. The number of aryl methyl sites for hydroxylation is 1. The van der Waals surface area contributed by atoms with Gasteiger partial charge in [-0.05, 0) is 19.1 Å². The molecular weight excluding hydrogens is 298 g/mol. The SMILES string of the molecule is Cc1nn2c(N)c(C=C3C=Nc4ccccc43)c(=O)nc2s1. The molecule has 2 N–H and O–H groups in total. The van der Waals surface area contributed by atoms with Crippen LogP contribution in [0.25, 0.3) is 16.6 Å². The molecule has 4 rings (SSSR count). The smallest absolute Gasteiger partial charge is 0.283 e. The summed E-state index contributed by atoms with van der Waals surface area (Å²) in [5.41, 5.74) is 8.78. The maximum atomic E-state index is 12.2. The minimum absolute atomic E-state index is 0.296. The second-order valence-corrected chi connectivity index (χ2v) is 6.07. The summed E-state index contributed by atoms with van der Waals surface area (Å²) >= 11 is 1.33. The van der Waals surface area contributed by atoms with Gasteiger partial charge in [0.15, 0.2) is 0 Å². The van der Waals surface area contributed by atoms with Gasteiger partial charge in [-0.2, -0.15) is 14.6 Å². The summed E-state index contributed by atoms with van der Waals surface area (Å²) in [5, 5.41) is 5.08. The molecule has 1 aliphatic heterocycles. The summed E-state index contributed by atoms with van der Waals surface area (Å²) in [4.78, 5) is 21.1. The molecule has 0 saturated heterocycles. The number of hydrogen-bond donors (Lipinski definition) is 1. The van der Waals surface area contributed by atoms with Crippen LogP contribution in [0.1, 0.15) is 16.1 Å². The van der Waals surface area contributed by atoms with Gasteiger partial charge in [0.25, 0.3) is 5.56 Å². The third kappa shape index (κ3) is 1.86. The van der Waals surface area contributed by atoms with Crippen molar-refractivity contribution < 1.29 is 0 Å². The number of aliphatic imine (C=N–C) groups is 1. The van der Waals surface area contributed by atoms with E-state index in [-0.39, 0.29) is 5.56 Å². The van der Waals surface area contributed by atoms with E-state index in [0.29, 0.717) is 16.3 Å². The number of nitrogens with two attached hydrogens (primary N) is 1. The molecule has 3 aromatic rings. The van der Waals surface area contributed by atoms with Gasteiger partial charge in [-0.3, -0.25) is 9.79 Å². The van der Waals surface area contributed by atoms with Crippen LogP contribution < -0.4 is 11.3 Å². The van der Waals surface area contributed by atoms with Crippen LogP contribution in [-0.4, -0.2) is 20.8 Å². The molecule has 108 valence electrons. The topological polar surface area (TPSA) is 85.6 Å². The molecule has 6 nitrogen and oxygen atoms in total. The first-order valence-corrected chi connectivity index (χ1v) is 7.46. The maximum Gasteiger partial charge on any atom is 0.283 e. The Morgan fingerprint density at radius 3 is 3.00 bits per heavy atom. The van der Waals surface area contributed by atoms with E-state index in [1.165, 1.54) is 15.9 Å². The highest BCUT2D eigenvalue weighted by molar-refractivity contribution is 7.16. The summed E-state index contributed by atoms with van der Waals surface area (Å²) in [7, 11) is 0. The predicted molar refractivity (Wildman–Crippen MR) is 88.7 cm³/mol. The van der Waals surface area contributed by atoms with Crippen molar-refractivity contribution in [3.8, 4) is 0 Å². The van der Waals surface area contributed by atoms with Gasteiger partial charge in [-0.15, -0.1) is 0 Å². The fourth-order valence-electron chi connectivity index (χ4n) is 2.42. The van der Waals surface area contributed by atoms with E-state index in [2.05, 4.69) is 15.1 Å². The summed E-state index contributed by atoms with van der Waals surface area (Å²) < 4.78 is 1.51. The molecule has 3 heterocycles. The van der Waals surface area contributed by atoms with Gasteiger partial charge in [0, 0.05) is 17.4 Å². The van der Waals surface area contributed by atoms with Crippen molar-refractivity contribution in [1.82, 2.24) is 14.6 Å². The van der Waals surface area contributed by atoms with Crippen LogP contribution in [0.15, 0.2) is 34.1 Å². The molecule has 0 saturated carbocycles. The zero-order chi connectivity index (χ0) is 15.3. The zero-order valence-corrected chi connectivity index (χ0v) is 12.5. The highest BCUT2D eigenvalue weighted by Crippen LogP contribution is 2.32. The van der Waals surface area contributed by atoms with Crippen LogP contribution in [0.5, 0.6) is 0 Å². The standard InChI is InChI=1S/C15H11N5OS/c1-8-19-20-13(16)11(14(21)18-15(20)22-8)6-9-7-17-12-5-3-2-4-10(9)12/h2-7H,16H2,1H3. The highest BCUT2D eigenvalue weighted by atomic mass is 32.1. The lowest BCUT2D eigenvalue weighted by Crippen LogP contribution is -2.16. The van der Waals surface area contributed by atoms with Crippen molar-refractivity contribution in [2.75, 3.05) is 5.73 Å². The van der Waals surface area contributed by atoms with E-state index in [9.17, 15) is 4.79 Å². The lowest BCUT2D eigenvalue weighted by Gasteiger charge is -2.03. The fraction of sp³-hybridized carbons (Fsp3) is 0.0667. The summed E-state index contributed by atoms with van der Waals surface area (Å²) in [6.45, 7) is 1.85. The van der Waals surface area contributed by atoms with Gasteiger partial charge in [-0.1, -0.05) is 29.5 Å². The number of benzene rings is 1. The normalized spacial score (nSPS) is 14.9.